The monoisotopic (exact) mass is 481 g/mol. The second kappa shape index (κ2) is 10.2. The van der Waals surface area contributed by atoms with Gasteiger partial charge in [0, 0.05) is 33.8 Å². The molecule has 0 aromatic heterocycles. The molecule has 1 fully saturated rings. The molecule has 0 saturated carbocycles. The average Bonchev–Trinajstić information content (AvgIpc) is 2.78. The van der Waals surface area contributed by atoms with Crippen LogP contribution >= 0.6 is 0 Å². The lowest BCUT2D eigenvalue weighted by molar-refractivity contribution is 0.0375. The summed E-state index contributed by atoms with van der Waals surface area (Å²) in [6, 6.07) is 12.5. The maximum atomic E-state index is 13.0. The van der Waals surface area contributed by atoms with Crippen molar-refractivity contribution >= 4 is 31.4 Å². The number of nitrogens with zero attached hydrogens (tertiary/aromatic N) is 2. The minimum atomic E-state index is -3.89. The molecule has 0 bridgehead atoms. The first-order chi connectivity index (χ1) is 15.1. The van der Waals surface area contributed by atoms with E-state index in [2.05, 4.69) is 16.5 Å². The molecule has 0 spiro atoms. The Kier molecular flexibility index (Phi) is 7.81. The van der Waals surface area contributed by atoms with Crippen molar-refractivity contribution in [1.29, 1.82) is 0 Å². The fourth-order valence-electron chi connectivity index (χ4n) is 3.59. The first kappa shape index (κ1) is 24.5. The number of rotatable bonds is 9. The van der Waals surface area contributed by atoms with Crippen LogP contribution in [-0.2, 0) is 24.8 Å². The van der Waals surface area contributed by atoms with E-state index < -0.39 is 20.0 Å². The van der Waals surface area contributed by atoms with Crippen LogP contribution in [0.25, 0.3) is 0 Å². The van der Waals surface area contributed by atoms with Gasteiger partial charge in [0.25, 0.3) is 10.0 Å². The second-order valence-corrected chi connectivity index (χ2v) is 11.8. The van der Waals surface area contributed by atoms with Gasteiger partial charge in [0.1, 0.15) is 0 Å². The predicted octanol–water partition coefficient (Wildman–Crippen LogP) is 3.13. The van der Waals surface area contributed by atoms with Gasteiger partial charge in [0.05, 0.1) is 27.3 Å². The molecule has 2 aromatic carbocycles. The number of benzene rings is 2. The Morgan fingerprint density at radius 3 is 2.16 bits per heavy atom. The largest absolute Gasteiger partial charge is 0.378 e. The molecule has 2 aromatic rings. The Hall–Kier alpha value is -2.14. The lowest BCUT2D eigenvalue weighted by atomic mass is 10.1. The molecule has 1 aliphatic heterocycles. The smallest absolute Gasteiger partial charge is 0.261 e. The summed E-state index contributed by atoms with van der Waals surface area (Å²) >= 11 is 0. The van der Waals surface area contributed by atoms with E-state index in [-0.39, 0.29) is 15.9 Å². The van der Waals surface area contributed by atoms with Crippen LogP contribution in [0.3, 0.4) is 0 Å². The summed E-state index contributed by atoms with van der Waals surface area (Å²) in [7, 11) is -4.66. The highest BCUT2D eigenvalue weighted by molar-refractivity contribution is 7.92. The van der Waals surface area contributed by atoms with Crippen molar-refractivity contribution in [2.24, 2.45) is 0 Å². The van der Waals surface area contributed by atoms with E-state index >= 15 is 0 Å². The van der Waals surface area contributed by atoms with E-state index in [0.717, 1.165) is 49.0 Å². The average molecular weight is 482 g/mol. The summed E-state index contributed by atoms with van der Waals surface area (Å²) in [4.78, 5) is 2.20. The van der Waals surface area contributed by atoms with E-state index in [1.165, 1.54) is 38.4 Å². The number of hydrogen-bond acceptors (Lipinski definition) is 6. The molecule has 0 atom stereocenters. The van der Waals surface area contributed by atoms with E-state index in [1.807, 2.05) is 12.1 Å². The molecule has 0 amide bonds. The lowest BCUT2D eigenvalue weighted by Crippen LogP contribution is -2.37. The third-order valence-electron chi connectivity index (χ3n) is 5.40. The molecule has 1 N–H and O–H groups in total. The number of nitrogens with one attached hydrogen (secondary N) is 1. The van der Waals surface area contributed by atoms with Gasteiger partial charge in [-0.3, -0.25) is 4.72 Å². The molecule has 32 heavy (non-hydrogen) atoms. The van der Waals surface area contributed by atoms with Crippen molar-refractivity contribution in [2.45, 2.75) is 42.1 Å². The number of sulfonamides is 2. The molecule has 0 unspecified atom stereocenters. The Labute approximate surface area is 191 Å². The van der Waals surface area contributed by atoms with E-state index in [1.54, 1.807) is 12.1 Å². The molecule has 1 heterocycles. The number of ether oxygens (including phenoxy) is 1. The number of hydrogen-bond donors (Lipinski definition) is 1. The minimum absolute atomic E-state index is 0.00307. The summed E-state index contributed by atoms with van der Waals surface area (Å²) < 4.78 is 60.0. The Morgan fingerprint density at radius 1 is 0.969 bits per heavy atom. The van der Waals surface area contributed by atoms with E-state index in [0.29, 0.717) is 5.69 Å². The molecule has 1 saturated heterocycles. The van der Waals surface area contributed by atoms with Crippen LogP contribution in [-0.4, -0.2) is 61.0 Å². The maximum absolute atomic E-state index is 13.0. The van der Waals surface area contributed by atoms with Gasteiger partial charge >= 0.3 is 0 Å². The van der Waals surface area contributed by atoms with Crippen LogP contribution in [0.4, 0.5) is 11.4 Å². The van der Waals surface area contributed by atoms with Crippen LogP contribution in [0.5, 0.6) is 0 Å². The molecule has 10 heteroatoms. The highest BCUT2D eigenvalue weighted by Gasteiger charge is 2.24. The van der Waals surface area contributed by atoms with Crippen molar-refractivity contribution in [3.8, 4) is 0 Å². The molecule has 0 aliphatic carbocycles. The van der Waals surface area contributed by atoms with Crippen molar-refractivity contribution < 1.29 is 21.6 Å². The van der Waals surface area contributed by atoms with Crippen molar-refractivity contribution in [3.05, 3.63) is 48.5 Å². The predicted molar refractivity (Wildman–Crippen MR) is 126 cm³/mol. The van der Waals surface area contributed by atoms with Crippen molar-refractivity contribution in [3.63, 3.8) is 0 Å². The maximum Gasteiger partial charge on any atom is 0.261 e. The zero-order valence-electron chi connectivity index (χ0n) is 18.7. The molecule has 1 aliphatic rings. The van der Waals surface area contributed by atoms with Crippen LogP contribution in [0.15, 0.2) is 58.3 Å². The standard InChI is InChI=1S/C22H31N3O5S2/c1-4-17-30-18-13-15-25(16-14-18)22-8-6-5-7-21(22)23-31(26,27)19-9-11-20(12-10-19)32(28,29)24(2)3/h5-12,18,23H,4,13-17H2,1-3H3. The highest BCUT2D eigenvalue weighted by atomic mass is 32.2. The Morgan fingerprint density at radius 2 is 1.56 bits per heavy atom. The topological polar surface area (TPSA) is 96.0 Å². The molecule has 176 valence electrons. The van der Waals surface area contributed by atoms with Gasteiger partial charge < -0.3 is 9.64 Å². The van der Waals surface area contributed by atoms with Gasteiger partial charge in [0.2, 0.25) is 10.0 Å². The van der Waals surface area contributed by atoms with Gasteiger partial charge in [-0.05, 0) is 55.7 Å². The molecule has 8 nitrogen and oxygen atoms in total. The van der Waals surface area contributed by atoms with E-state index in [4.69, 9.17) is 4.74 Å². The van der Waals surface area contributed by atoms with Gasteiger partial charge in [-0.1, -0.05) is 19.1 Å². The van der Waals surface area contributed by atoms with Gasteiger partial charge in [-0.25, -0.2) is 21.1 Å². The lowest BCUT2D eigenvalue weighted by Gasteiger charge is -2.34. The number of anilines is 2. The van der Waals surface area contributed by atoms with E-state index in [9.17, 15) is 16.8 Å². The van der Waals surface area contributed by atoms with Crippen LogP contribution < -0.4 is 9.62 Å². The van der Waals surface area contributed by atoms with Crippen molar-refractivity contribution in [2.75, 3.05) is 43.4 Å². The van der Waals surface area contributed by atoms with Gasteiger partial charge in [-0.2, -0.15) is 0 Å². The normalized spacial score (nSPS) is 15.8. The quantitative estimate of drug-likeness (QED) is 0.591. The van der Waals surface area contributed by atoms with Gasteiger partial charge in [-0.15, -0.1) is 0 Å². The zero-order chi connectivity index (χ0) is 23.4. The fourth-order valence-corrected chi connectivity index (χ4v) is 5.56. The highest BCUT2D eigenvalue weighted by Crippen LogP contribution is 2.31. The summed E-state index contributed by atoms with van der Waals surface area (Å²) in [5.41, 5.74) is 1.31. The van der Waals surface area contributed by atoms with Gasteiger partial charge in [0.15, 0.2) is 0 Å². The first-order valence-electron chi connectivity index (χ1n) is 10.7. The number of para-hydroxylation sites is 2. The van der Waals surface area contributed by atoms with Crippen LogP contribution in [0.1, 0.15) is 26.2 Å². The summed E-state index contributed by atoms with van der Waals surface area (Å²) in [5.74, 6) is 0. The van der Waals surface area contributed by atoms with Crippen LogP contribution in [0, 0.1) is 0 Å². The second-order valence-electron chi connectivity index (χ2n) is 7.94. The molecule has 0 radical (unpaired) electrons. The SMILES string of the molecule is CCCOC1CCN(c2ccccc2NS(=O)(=O)c2ccc(S(=O)(=O)N(C)C)cc2)CC1. The molecular weight excluding hydrogens is 450 g/mol. The van der Waals surface area contributed by atoms with Crippen molar-refractivity contribution in [1.82, 2.24) is 4.31 Å². The molecule has 3 rings (SSSR count). The Bertz CT molecular complexity index is 1110. The third kappa shape index (κ3) is 5.61. The summed E-state index contributed by atoms with van der Waals surface area (Å²) in [6.45, 7) is 4.41. The zero-order valence-corrected chi connectivity index (χ0v) is 20.3. The number of piperidine rings is 1. The summed E-state index contributed by atoms with van der Waals surface area (Å²) in [5, 5.41) is 0. The first-order valence-corrected chi connectivity index (χ1v) is 13.6. The summed E-state index contributed by atoms with van der Waals surface area (Å²) in [6.07, 6.45) is 3.02. The van der Waals surface area contributed by atoms with Crippen LogP contribution in [0.2, 0.25) is 0 Å². The fraction of sp³-hybridized carbons (Fsp3) is 0.455. The third-order valence-corrected chi connectivity index (χ3v) is 8.61. The Balaban J connectivity index is 1.76. The molecular formula is C22H31N3O5S2. The minimum Gasteiger partial charge on any atom is -0.378 e.